The monoisotopic (exact) mass is 381 g/mol. The first-order chi connectivity index (χ1) is 13.7. The van der Waals surface area contributed by atoms with Crippen LogP contribution in [0.4, 0.5) is 0 Å². The summed E-state index contributed by atoms with van der Waals surface area (Å²) in [5, 5.41) is 5.12. The van der Waals surface area contributed by atoms with Gasteiger partial charge in [0.25, 0.3) is 11.8 Å². The number of carbonyl (C=O) groups is 2. The minimum Gasteiger partial charge on any atom is -0.316 e. The molecule has 150 valence electrons. The number of amides is 2. The fourth-order valence-corrected chi connectivity index (χ4v) is 3.95. The summed E-state index contributed by atoms with van der Waals surface area (Å²) >= 11 is 0. The molecule has 0 atom stereocenters. The van der Waals surface area contributed by atoms with E-state index < -0.39 is 0 Å². The fraction of sp³-hybridized carbons (Fsp3) is 0.478. The molecule has 0 saturated heterocycles. The summed E-state index contributed by atoms with van der Waals surface area (Å²) in [5.74, 6) is -0.321. The molecule has 1 aliphatic heterocycles. The third-order valence-corrected chi connectivity index (χ3v) is 5.36. The average molecular weight is 382 g/mol. The van der Waals surface area contributed by atoms with Crippen LogP contribution < -0.4 is 5.32 Å². The van der Waals surface area contributed by atoms with E-state index in [1.807, 2.05) is 36.4 Å². The Kier molecular flexibility index (Phi) is 7.18. The molecule has 3 rings (SSSR count). The minimum atomic E-state index is -0.160. The van der Waals surface area contributed by atoms with Gasteiger partial charge in [0.15, 0.2) is 0 Å². The maximum Gasteiger partial charge on any atom is 0.261 e. The Balaban J connectivity index is 1.59. The maximum atomic E-state index is 12.9. The first-order valence-electron chi connectivity index (χ1n) is 10.5. The lowest BCUT2D eigenvalue weighted by Gasteiger charge is -2.27. The van der Waals surface area contributed by atoms with Crippen LogP contribution in [-0.4, -0.2) is 60.9 Å². The average Bonchev–Trinajstić information content (AvgIpc) is 2.71. The van der Waals surface area contributed by atoms with E-state index in [-0.39, 0.29) is 11.8 Å². The molecule has 0 radical (unpaired) electrons. The van der Waals surface area contributed by atoms with E-state index in [0.29, 0.717) is 17.7 Å². The second kappa shape index (κ2) is 9.80. The van der Waals surface area contributed by atoms with Crippen molar-refractivity contribution in [3.63, 3.8) is 0 Å². The van der Waals surface area contributed by atoms with Gasteiger partial charge in [-0.15, -0.1) is 0 Å². The summed E-state index contributed by atoms with van der Waals surface area (Å²) in [6.07, 6.45) is 2.95. The molecular weight excluding hydrogens is 350 g/mol. The summed E-state index contributed by atoms with van der Waals surface area (Å²) in [7, 11) is 0. The van der Waals surface area contributed by atoms with Crippen LogP contribution >= 0.6 is 0 Å². The normalized spacial score (nSPS) is 13.8. The lowest BCUT2D eigenvalue weighted by atomic mass is 9.94. The number of imide groups is 1. The Morgan fingerprint density at radius 1 is 0.893 bits per heavy atom. The summed E-state index contributed by atoms with van der Waals surface area (Å²) in [6.45, 7) is 9.92. The Hall–Kier alpha value is -2.24. The van der Waals surface area contributed by atoms with Crippen LogP contribution in [0.5, 0.6) is 0 Å². The van der Waals surface area contributed by atoms with E-state index in [0.717, 1.165) is 62.8 Å². The van der Waals surface area contributed by atoms with Gasteiger partial charge in [-0.25, -0.2) is 0 Å². The Morgan fingerprint density at radius 3 is 2.18 bits per heavy atom. The van der Waals surface area contributed by atoms with Crippen molar-refractivity contribution < 1.29 is 9.59 Å². The number of rotatable bonds is 11. The van der Waals surface area contributed by atoms with Crippen LogP contribution in [0.2, 0.25) is 0 Å². The second-order valence-corrected chi connectivity index (χ2v) is 7.37. The van der Waals surface area contributed by atoms with Gasteiger partial charge in [-0.2, -0.15) is 0 Å². The number of likely N-dealkylation sites (N-methyl/N-ethyl adjacent to an activating group) is 1. The number of unbranched alkanes of at least 4 members (excludes halogenated alkanes) is 1. The molecule has 0 unspecified atom stereocenters. The van der Waals surface area contributed by atoms with Crippen LogP contribution in [0.1, 0.15) is 53.8 Å². The molecule has 0 saturated carbocycles. The largest absolute Gasteiger partial charge is 0.316 e. The SMILES string of the molecule is CCCN(CCCCN1C(=O)c2cccc3cccc(c23)C1=O)CCNCC. The fourth-order valence-electron chi connectivity index (χ4n) is 3.95. The summed E-state index contributed by atoms with van der Waals surface area (Å²) < 4.78 is 0. The zero-order valence-corrected chi connectivity index (χ0v) is 17.0. The highest BCUT2D eigenvalue weighted by Gasteiger charge is 2.32. The molecule has 2 aromatic rings. The molecule has 0 fully saturated rings. The third kappa shape index (κ3) is 4.42. The van der Waals surface area contributed by atoms with Crippen LogP contribution in [0.15, 0.2) is 36.4 Å². The van der Waals surface area contributed by atoms with E-state index in [2.05, 4.69) is 24.1 Å². The Bertz CT molecular complexity index is 783. The van der Waals surface area contributed by atoms with Gasteiger partial charge in [-0.1, -0.05) is 38.1 Å². The highest BCUT2D eigenvalue weighted by atomic mass is 16.2. The smallest absolute Gasteiger partial charge is 0.261 e. The summed E-state index contributed by atoms with van der Waals surface area (Å²) in [5.41, 5.74) is 1.29. The predicted octanol–water partition coefficient (Wildman–Crippen LogP) is 3.54. The zero-order valence-electron chi connectivity index (χ0n) is 17.0. The lowest BCUT2D eigenvalue weighted by molar-refractivity contribution is 0.0606. The number of nitrogens with zero attached hydrogens (tertiary/aromatic N) is 2. The standard InChI is InChI=1S/C23H31N3O2/c1-3-14-25(17-13-24-4-2)15-5-6-16-26-22(27)19-11-7-9-18-10-8-12-20(21(18)19)23(26)28/h7-12,24H,3-6,13-17H2,1-2H3. The van der Waals surface area contributed by atoms with E-state index in [9.17, 15) is 9.59 Å². The van der Waals surface area contributed by atoms with Crippen molar-refractivity contribution in [2.75, 3.05) is 39.3 Å². The number of hydrogen-bond acceptors (Lipinski definition) is 4. The number of hydrogen-bond donors (Lipinski definition) is 1. The van der Waals surface area contributed by atoms with E-state index in [1.165, 1.54) is 4.90 Å². The van der Waals surface area contributed by atoms with E-state index in [4.69, 9.17) is 0 Å². The van der Waals surface area contributed by atoms with Gasteiger partial charge in [0.05, 0.1) is 0 Å². The van der Waals surface area contributed by atoms with Gasteiger partial charge in [0.1, 0.15) is 0 Å². The van der Waals surface area contributed by atoms with Crippen molar-refractivity contribution in [1.29, 1.82) is 0 Å². The highest BCUT2D eigenvalue weighted by Crippen LogP contribution is 2.30. The molecule has 2 amide bonds. The molecule has 2 aromatic carbocycles. The Labute approximate surface area is 167 Å². The van der Waals surface area contributed by atoms with Crippen molar-refractivity contribution in [3.05, 3.63) is 47.5 Å². The highest BCUT2D eigenvalue weighted by molar-refractivity contribution is 6.25. The van der Waals surface area contributed by atoms with E-state index >= 15 is 0 Å². The van der Waals surface area contributed by atoms with Crippen LogP contribution in [0.3, 0.4) is 0 Å². The first-order valence-corrected chi connectivity index (χ1v) is 10.5. The van der Waals surface area contributed by atoms with Crippen LogP contribution in [-0.2, 0) is 0 Å². The molecule has 1 aliphatic rings. The molecule has 0 aromatic heterocycles. The van der Waals surface area contributed by atoms with Crippen molar-refractivity contribution in [1.82, 2.24) is 15.1 Å². The third-order valence-electron chi connectivity index (χ3n) is 5.36. The summed E-state index contributed by atoms with van der Waals surface area (Å²) in [6, 6.07) is 11.3. The van der Waals surface area contributed by atoms with Gasteiger partial charge in [0, 0.05) is 36.1 Å². The van der Waals surface area contributed by atoms with Crippen LogP contribution in [0.25, 0.3) is 10.8 Å². The topological polar surface area (TPSA) is 52.7 Å². The number of benzene rings is 2. The minimum absolute atomic E-state index is 0.160. The molecule has 1 heterocycles. The number of nitrogens with one attached hydrogen (secondary N) is 1. The van der Waals surface area contributed by atoms with E-state index in [1.54, 1.807) is 0 Å². The first kappa shape index (κ1) is 20.5. The molecule has 0 aliphatic carbocycles. The molecule has 1 N–H and O–H groups in total. The second-order valence-electron chi connectivity index (χ2n) is 7.37. The van der Waals surface area contributed by atoms with Gasteiger partial charge < -0.3 is 10.2 Å². The van der Waals surface area contributed by atoms with Gasteiger partial charge in [0.2, 0.25) is 0 Å². The molecular formula is C23H31N3O2. The maximum absolute atomic E-state index is 12.9. The molecule has 0 spiro atoms. The van der Waals surface area contributed by atoms with Crippen molar-refractivity contribution in [2.24, 2.45) is 0 Å². The predicted molar refractivity (Wildman–Crippen MR) is 114 cm³/mol. The van der Waals surface area contributed by atoms with Gasteiger partial charge in [-0.3, -0.25) is 14.5 Å². The molecule has 5 nitrogen and oxygen atoms in total. The van der Waals surface area contributed by atoms with Crippen molar-refractivity contribution in [2.45, 2.75) is 33.1 Å². The van der Waals surface area contributed by atoms with Gasteiger partial charge >= 0.3 is 0 Å². The van der Waals surface area contributed by atoms with Crippen LogP contribution in [0, 0.1) is 0 Å². The Morgan fingerprint density at radius 2 is 1.57 bits per heavy atom. The quantitative estimate of drug-likeness (QED) is 0.478. The zero-order chi connectivity index (χ0) is 19.9. The number of carbonyl (C=O) groups excluding carboxylic acids is 2. The van der Waals surface area contributed by atoms with Crippen molar-refractivity contribution >= 4 is 22.6 Å². The summed E-state index contributed by atoms with van der Waals surface area (Å²) in [4.78, 5) is 29.7. The van der Waals surface area contributed by atoms with Crippen molar-refractivity contribution in [3.8, 4) is 0 Å². The van der Waals surface area contributed by atoms with Gasteiger partial charge in [-0.05, 0) is 56.4 Å². The molecule has 5 heteroatoms. The molecule has 28 heavy (non-hydrogen) atoms. The lowest BCUT2D eigenvalue weighted by Crippen LogP contribution is -2.41. The molecule has 0 bridgehead atoms.